The van der Waals surface area contributed by atoms with Crippen LogP contribution in [0.1, 0.15) is 50.8 Å². The minimum Gasteiger partial charge on any atom is -0.496 e. The van der Waals surface area contributed by atoms with Gasteiger partial charge in [-0.25, -0.2) is 0 Å². The smallest absolute Gasteiger partial charge is 0.310 e. The van der Waals surface area contributed by atoms with E-state index < -0.39 is 5.60 Å². The predicted octanol–water partition coefficient (Wildman–Crippen LogP) is 7.65. The van der Waals surface area contributed by atoms with Gasteiger partial charge >= 0.3 is 5.97 Å². The molecule has 0 heterocycles. The zero-order chi connectivity index (χ0) is 25.6. The van der Waals surface area contributed by atoms with Crippen LogP contribution >= 0.6 is 11.9 Å². The van der Waals surface area contributed by atoms with Gasteiger partial charge in [0, 0.05) is 17.5 Å². The second-order valence-electron chi connectivity index (χ2n) is 9.71. The molecule has 0 fully saturated rings. The number of carbonyl (C=O) groups excluding carboxylic acids is 1. The minimum absolute atomic E-state index is 0.183. The Kier molecular flexibility index (Phi) is 8.90. The molecule has 0 aromatic heterocycles. The van der Waals surface area contributed by atoms with E-state index in [1.54, 1.807) is 19.1 Å². The lowest BCUT2D eigenvalue weighted by atomic mass is 9.97. The molecule has 0 spiro atoms. The molecule has 0 aliphatic carbocycles. The number of methoxy groups -OCH3 is 1. The molecule has 0 N–H and O–H groups in total. The largest absolute Gasteiger partial charge is 0.496 e. The van der Waals surface area contributed by atoms with Crippen molar-refractivity contribution >= 4 is 23.6 Å². The molecule has 35 heavy (non-hydrogen) atoms. The Morgan fingerprint density at radius 2 is 1.66 bits per heavy atom. The molecular weight excluding hydrogens is 454 g/mol. The highest BCUT2D eigenvalue weighted by Crippen LogP contribution is 2.39. The highest BCUT2D eigenvalue weighted by molar-refractivity contribution is 8.00. The van der Waals surface area contributed by atoms with Crippen LogP contribution in [0, 0.1) is 6.92 Å². The average molecular weight is 492 g/mol. The van der Waals surface area contributed by atoms with Gasteiger partial charge in [-0.15, -0.1) is 0 Å². The molecule has 5 heteroatoms. The fourth-order valence-corrected chi connectivity index (χ4v) is 5.09. The SMILES string of the molecule is CCCc1c(N(C)Sc2ccccc2-c2ccc(C)cc2)ccc(OC)c1CC(=O)OC(C)(C)C. The molecule has 0 saturated carbocycles. The maximum Gasteiger partial charge on any atom is 0.310 e. The summed E-state index contributed by atoms with van der Waals surface area (Å²) >= 11 is 1.69. The number of rotatable bonds is 9. The van der Waals surface area contributed by atoms with E-state index >= 15 is 0 Å². The van der Waals surface area contributed by atoms with Crippen molar-refractivity contribution in [1.82, 2.24) is 0 Å². The third kappa shape index (κ3) is 7.04. The van der Waals surface area contributed by atoms with Gasteiger partial charge in [0.05, 0.1) is 19.2 Å². The summed E-state index contributed by atoms with van der Waals surface area (Å²) in [7, 11) is 3.73. The number of hydrogen-bond acceptors (Lipinski definition) is 5. The molecule has 0 saturated heterocycles. The molecule has 0 amide bonds. The first-order chi connectivity index (χ1) is 16.6. The van der Waals surface area contributed by atoms with Crippen LogP contribution in [0.3, 0.4) is 0 Å². The zero-order valence-electron chi connectivity index (χ0n) is 22.0. The van der Waals surface area contributed by atoms with E-state index in [1.165, 1.54) is 21.6 Å². The number of benzene rings is 3. The standard InChI is InChI=1S/C30H37NO3S/c1-8-11-24-25(20-29(32)34-30(3,4)5)27(33-7)19-18-26(24)31(6)35-28-13-10-9-12-23(28)22-16-14-21(2)15-17-22/h9-10,12-19H,8,11,20H2,1-7H3. The first-order valence-corrected chi connectivity index (χ1v) is 12.9. The highest BCUT2D eigenvalue weighted by Gasteiger charge is 2.23. The Hall–Kier alpha value is -2.92. The van der Waals surface area contributed by atoms with E-state index in [1.807, 2.05) is 26.8 Å². The van der Waals surface area contributed by atoms with Crippen molar-refractivity contribution in [3.63, 3.8) is 0 Å². The predicted molar refractivity (Wildman–Crippen MR) is 147 cm³/mol. The van der Waals surface area contributed by atoms with Crippen LogP contribution < -0.4 is 9.04 Å². The first kappa shape index (κ1) is 26.7. The van der Waals surface area contributed by atoms with Crippen LogP contribution in [0.25, 0.3) is 11.1 Å². The second kappa shape index (κ2) is 11.7. The van der Waals surface area contributed by atoms with Crippen LogP contribution in [0.15, 0.2) is 65.6 Å². The summed E-state index contributed by atoms with van der Waals surface area (Å²) in [6.07, 6.45) is 1.98. The van der Waals surface area contributed by atoms with Crippen molar-refractivity contribution < 1.29 is 14.3 Å². The third-order valence-corrected chi connectivity index (χ3v) is 6.67. The van der Waals surface area contributed by atoms with Gasteiger partial charge in [0.15, 0.2) is 0 Å². The molecule has 3 rings (SSSR count). The number of aryl methyl sites for hydroxylation is 1. The molecule has 186 valence electrons. The van der Waals surface area contributed by atoms with Gasteiger partial charge < -0.3 is 13.8 Å². The van der Waals surface area contributed by atoms with Crippen molar-refractivity contribution in [2.24, 2.45) is 0 Å². The molecule has 0 bridgehead atoms. The summed E-state index contributed by atoms with van der Waals surface area (Å²) in [6.45, 7) is 9.93. The van der Waals surface area contributed by atoms with E-state index in [0.717, 1.165) is 35.4 Å². The van der Waals surface area contributed by atoms with Crippen molar-refractivity contribution in [3.8, 4) is 16.9 Å². The number of hydrogen-bond donors (Lipinski definition) is 0. The van der Waals surface area contributed by atoms with Crippen molar-refractivity contribution in [1.29, 1.82) is 0 Å². The first-order valence-electron chi connectivity index (χ1n) is 12.1. The molecular formula is C30H37NO3S. The lowest BCUT2D eigenvalue weighted by molar-refractivity contribution is -0.153. The minimum atomic E-state index is -0.529. The van der Waals surface area contributed by atoms with E-state index in [-0.39, 0.29) is 12.4 Å². The normalized spacial score (nSPS) is 11.3. The zero-order valence-corrected chi connectivity index (χ0v) is 22.8. The Labute approximate surface area is 214 Å². The highest BCUT2D eigenvalue weighted by atomic mass is 32.2. The molecule has 3 aromatic rings. The van der Waals surface area contributed by atoms with Crippen LogP contribution in [-0.2, 0) is 22.4 Å². The maximum absolute atomic E-state index is 12.8. The number of ether oxygens (including phenoxy) is 2. The van der Waals surface area contributed by atoms with Crippen LogP contribution in [0.5, 0.6) is 5.75 Å². The Morgan fingerprint density at radius 3 is 2.29 bits per heavy atom. The van der Waals surface area contributed by atoms with Gasteiger partial charge in [-0.2, -0.15) is 0 Å². The average Bonchev–Trinajstić information content (AvgIpc) is 2.80. The van der Waals surface area contributed by atoms with E-state index in [9.17, 15) is 4.79 Å². The molecule has 0 aliphatic rings. The third-order valence-electron chi connectivity index (χ3n) is 5.65. The van der Waals surface area contributed by atoms with Gasteiger partial charge in [0.2, 0.25) is 0 Å². The Morgan fingerprint density at radius 1 is 0.971 bits per heavy atom. The Balaban J connectivity index is 1.98. The fraction of sp³-hybridized carbons (Fsp3) is 0.367. The summed E-state index contributed by atoms with van der Waals surface area (Å²) in [4.78, 5) is 13.9. The van der Waals surface area contributed by atoms with Crippen molar-refractivity contribution in [2.75, 3.05) is 18.5 Å². The van der Waals surface area contributed by atoms with Gasteiger partial charge in [0.25, 0.3) is 0 Å². The number of anilines is 1. The summed E-state index contributed by atoms with van der Waals surface area (Å²) in [5.74, 6) is 0.479. The van der Waals surface area contributed by atoms with Crippen LogP contribution in [0.2, 0.25) is 0 Å². The molecule has 0 aliphatic heterocycles. The quantitative estimate of drug-likeness (QED) is 0.227. The summed E-state index contributed by atoms with van der Waals surface area (Å²) in [5.41, 5.74) is 6.22. The van der Waals surface area contributed by atoms with Gasteiger partial charge in [-0.3, -0.25) is 4.79 Å². The van der Waals surface area contributed by atoms with Gasteiger partial charge in [-0.1, -0.05) is 61.4 Å². The van der Waals surface area contributed by atoms with E-state index in [2.05, 4.69) is 79.8 Å². The van der Waals surface area contributed by atoms with Crippen molar-refractivity contribution in [3.05, 3.63) is 77.4 Å². The molecule has 0 radical (unpaired) electrons. The van der Waals surface area contributed by atoms with E-state index in [4.69, 9.17) is 9.47 Å². The van der Waals surface area contributed by atoms with E-state index in [0.29, 0.717) is 0 Å². The van der Waals surface area contributed by atoms with Gasteiger partial charge in [0.1, 0.15) is 11.4 Å². The summed E-state index contributed by atoms with van der Waals surface area (Å²) < 4.78 is 13.5. The van der Waals surface area contributed by atoms with Crippen LogP contribution in [-0.4, -0.2) is 25.7 Å². The molecule has 0 atom stereocenters. The number of nitrogens with zero attached hydrogens (tertiary/aromatic N) is 1. The fourth-order valence-electron chi connectivity index (χ4n) is 4.10. The van der Waals surface area contributed by atoms with Crippen molar-refractivity contribution in [2.45, 2.75) is 64.4 Å². The lowest BCUT2D eigenvalue weighted by Gasteiger charge is -2.26. The van der Waals surface area contributed by atoms with Gasteiger partial charge in [-0.05, 0) is 81.0 Å². The lowest BCUT2D eigenvalue weighted by Crippen LogP contribution is -2.25. The van der Waals surface area contributed by atoms with Crippen LogP contribution in [0.4, 0.5) is 5.69 Å². The Bertz CT molecular complexity index is 1150. The maximum atomic E-state index is 12.8. The second-order valence-corrected chi connectivity index (χ2v) is 10.9. The summed E-state index contributed by atoms with van der Waals surface area (Å²) in [6, 6.07) is 21.1. The number of carbonyl (C=O) groups is 1. The topological polar surface area (TPSA) is 38.8 Å². The summed E-state index contributed by atoms with van der Waals surface area (Å²) in [5, 5.41) is 0. The monoisotopic (exact) mass is 491 g/mol. The molecule has 3 aromatic carbocycles. The molecule has 0 unspecified atom stereocenters. The molecule has 4 nitrogen and oxygen atoms in total. The number of esters is 1.